The maximum Gasteiger partial charge on any atom is 0.326 e. The maximum absolute atomic E-state index is 12.9. The molecule has 1 N–H and O–H groups in total. The van der Waals surface area contributed by atoms with Crippen molar-refractivity contribution in [1.82, 2.24) is 4.90 Å². The quantitative estimate of drug-likeness (QED) is 0.481. The van der Waals surface area contributed by atoms with Gasteiger partial charge in [0.05, 0.1) is 11.8 Å². The van der Waals surface area contributed by atoms with Crippen LogP contribution in [0, 0.1) is 17.7 Å². The van der Waals surface area contributed by atoms with Gasteiger partial charge in [-0.15, -0.1) is 0 Å². The molecule has 27 heavy (non-hydrogen) atoms. The number of carbonyl (C=O) groups excluding carboxylic acids is 4. The van der Waals surface area contributed by atoms with Crippen molar-refractivity contribution in [2.75, 3.05) is 11.9 Å². The highest BCUT2D eigenvalue weighted by atomic mass is 19.1. The number of allylic oxidation sites excluding steroid dienone is 2. The molecule has 1 aromatic carbocycles. The number of nitrogens with one attached hydrogen (secondary N) is 1. The van der Waals surface area contributed by atoms with Gasteiger partial charge < -0.3 is 10.1 Å². The highest BCUT2D eigenvalue weighted by molar-refractivity contribution is 6.07. The van der Waals surface area contributed by atoms with Crippen LogP contribution in [0.15, 0.2) is 36.4 Å². The first kappa shape index (κ1) is 18.8. The minimum atomic E-state index is -1.14. The third-order valence-electron chi connectivity index (χ3n) is 4.68. The lowest BCUT2D eigenvalue weighted by Gasteiger charge is -2.17. The van der Waals surface area contributed by atoms with Gasteiger partial charge in [-0.3, -0.25) is 24.1 Å². The summed E-state index contributed by atoms with van der Waals surface area (Å²) in [6.45, 7) is 0.854. The summed E-state index contributed by atoms with van der Waals surface area (Å²) in [5.74, 6) is -3.49. The maximum atomic E-state index is 12.9. The summed E-state index contributed by atoms with van der Waals surface area (Å²) >= 11 is 0. The lowest BCUT2D eigenvalue weighted by Crippen LogP contribution is -2.39. The van der Waals surface area contributed by atoms with Crippen molar-refractivity contribution in [2.45, 2.75) is 25.9 Å². The zero-order valence-corrected chi connectivity index (χ0v) is 14.7. The number of benzene rings is 1. The minimum absolute atomic E-state index is 0.353. The van der Waals surface area contributed by atoms with E-state index in [0.29, 0.717) is 18.5 Å². The smallest absolute Gasteiger partial charge is 0.326 e. The zero-order chi connectivity index (χ0) is 19.6. The van der Waals surface area contributed by atoms with Gasteiger partial charge in [-0.1, -0.05) is 12.2 Å². The van der Waals surface area contributed by atoms with Gasteiger partial charge in [-0.25, -0.2) is 4.39 Å². The molecule has 0 unspecified atom stereocenters. The molecule has 3 amide bonds. The van der Waals surface area contributed by atoms with E-state index in [4.69, 9.17) is 4.74 Å². The van der Waals surface area contributed by atoms with E-state index in [1.54, 1.807) is 0 Å². The van der Waals surface area contributed by atoms with E-state index in [-0.39, 0.29) is 11.8 Å². The van der Waals surface area contributed by atoms with E-state index >= 15 is 0 Å². The molecule has 7 nitrogen and oxygen atoms in total. The van der Waals surface area contributed by atoms with Crippen LogP contribution < -0.4 is 5.32 Å². The topological polar surface area (TPSA) is 92.8 Å². The normalized spacial score (nSPS) is 22.4. The van der Waals surface area contributed by atoms with Gasteiger partial charge in [0.2, 0.25) is 11.8 Å². The Labute approximate surface area is 155 Å². The lowest BCUT2D eigenvalue weighted by molar-refractivity contribution is -0.158. The first-order valence-electron chi connectivity index (χ1n) is 8.63. The number of likely N-dealkylation sites (tertiary alicyclic amines) is 1. The van der Waals surface area contributed by atoms with Crippen LogP contribution in [-0.2, 0) is 23.9 Å². The summed E-state index contributed by atoms with van der Waals surface area (Å²) in [6, 6.07) is 5.12. The second-order valence-corrected chi connectivity index (χ2v) is 6.55. The summed E-state index contributed by atoms with van der Waals surface area (Å²) in [6.07, 6.45) is 3.54. The molecular weight excluding hydrogens is 355 g/mol. The van der Waals surface area contributed by atoms with Crippen molar-refractivity contribution in [3.05, 3.63) is 42.2 Å². The molecular formula is C19H19FN2O5. The number of hydrogen-bond donors (Lipinski definition) is 1. The molecule has 142 valence electrons. The van der Waals surface area contributed by atoms with Crippen LogP contribution in [0.4, 0.5) is 10.1 Å². The highest BCUT2D eigenvalue weighted by Crippen LogP contribution is 2.34. The summed E-state index contributed by atoms with van der Waals surface area (Å²) in [4.78, 5) is 49.7. The Balaban J connectivity index is 1.54. The Bertz CT molecular complexity index is 779. The molecule has 0 radical (unpaired) electrons. The number of rotatable bonds is 5. The Morgan fingerprint density at radius 3 is 2.26 bits per heavy atom. The second kappa shape index (κ2) is 7.69. The Morgan fingerprint density at radius 2 is 1.70 bits per heavy atom. The number of amides is 3. The van der Waals surface area contributed by atoms with Gasteiger partial charge in [0.15, 0.2) is 6.10 Å². The fourth-order valence-corrected chi connectivity index (χ4v) is 3.22. The molecule has 3 atom stereocenters. The number of carbonyl (C=O) groups is 4. The molecule has 0 spiro atoms. The van der Waals surface area contributed by atoms with Crippen molar-refractivity contribution in [3.63, 3.8) is 0 Å². The SMILES string of the molecule is C[C@H](OC(=O)CN1C(=O)[C@H]2CC=CC[C@@H]2C1=O)C(=O)Nc1ccc(F)cc1. The predicted octanol–water partition coefficient (Wildman–Crippen LogP) is 1.65. The van der Waals surface area contributed by atoms with Crippen LogP contribution in [-0.4, -0.2) is 41.2 Å². The first-order chi connectivity index (χ1) is 12.9. The van der Waals surface area contributed by atoms with Crippen LogP contribution in [0.5, 0.6) is 0 Å². The number of fused-ring (bicyclic) bond motifs is 1. The second-order valence-electron chi connectivity index (χ2n) is 6.55. The zero-order valence-electron chi connectivity index (χ0n) is 14.7. The molecule has 1 fully saturated rings. The molecule has 1 heterocycles. The molecule has 0 aromatic heterocycles. The first-order valence-corrected chi connectivity index (χ1v) is 8.63. The minimum Gasteiger partial charge on any atom is -0.451 e. The molecule has 1 aromatic rings. The Kier molecular flexibility index (Phi) is 5.34. The summed E-state index contributed by atoms with van der Waals surface area (Å²) in [5.41, 5.74) is 0.353. The number of anilines is 1. The van der Waals surface area contributed by atoms with Crippen molar-refractivity contribution < 1.29 is 28.3 Å². The van der Waals surface area contributed by atoms with Crippen LogP contribution in [0.3, 0.4) is 0 Å². The van der Waals surface area contributed by atoms with Crippen molar-refractivity contribution in [3.8, 4) is 0 Å². The number of hydrogen-bond acceptors (Lipinski definition) is 5. The standard InChI is InChI=1S/C19H19FN2O5/c1-11(17(24)21-13-8-6-12(20)7-9-13)27-16(23)10-22-18(25)14-4-2-3-5-15(14)19(22)26/h2-3,6-9,11,14-15H,4-5,10H2,1H3,(H,21,24)/t11-,14-,15-/m0/s1. The van der Waals surface area contributed by atoms with E-state index in [2.05, 4.69) is 5.32 Å². The van der Waals surface area contributed by atoms with Crippen molar-refractivity contribution >= 4 is 29.4 Å². The van der Waals surface area contributed by atoms with Gasteiger partial charge >= 0.3 is 5.97 Å². The van der Waals surface area contributed by atoms with Crippen LogP contribution in [0.25, 0.3) is 0 Å². The van der Waals surface area contributed by atoms with Gasteiger partial charge in [-0.05, 0) is 44.0 Å². The third kappa shape index (κ3) is 4.05. The van der Waals surface area contributed by atoms with E-state index in [9.17, 15) is 23.6 Å². The van der Waals surface area contributed by atoms with E-state index in [0.717, 1.165) is 4.90 Å². The fourth-order valence-electron chi connectivity index (χ4n) is 3.22. The molecule has 3 rings (SSSR count). The third-order valence-corrected chi connectivity index (χ3v) is 4.68. The van der Waals surface area contributed by atoms with Crippen molar-refractivity contribution in [2.24, 2.45) is 11.8 Å². The van der Waals surface area contributed by atoms with E-state index in [1.807, 2.05) is 12.2 Å². The predicted molar refractivity (Wildman–Crippen MR) is 92.7 cm³/mol. The summed E-state index contributed by atoms with van der Waals surface area (Å²) < 4.78 is 17.9. The monoisotopic (exact) mass is 374 g/mol. The molecule has 0 bridgehead atoms. The van der Waals surface area contributed by atoms with Gasteiger partial charge in [0, 0.05) is 5.69 Å². The summed E-state index contributed by atoms with van der Waals surface area (Å²) in [5, 5.41) is 2.49. The van der Waals surface area contributed by atoms with E-state index in [1.165, 1.54) is 31.2 Å². The number of ether oxygens (including phenoxy) is 1. The van der Waals surface area contributed by atoms with Gasteiger partial charge in [0.1, 0.15) is 12.4 Å². The number of esters is 1. The lowest BCUT2D eigenvalue weighted by atomic mass is 9.85. The number of imide groups is 1. The summed E-state index contributed by atoms with van der Waals surface area (Å²) in [7, 11) is 0. The highest BCUT2D eigenvalue weighted by Gasteiger charge is 2.47. The van der Waals surface area contributed by atoms with Crippen LogP contribution in [0.2, 0.25) is 0 Å². The Morgan fingerprint density at radius 1 is 1.15 bits per heavy atom. The molecule has 1 saturated heterocycles. The van der Waals surface area contributed by atoms with Gasteiger partial charge in [0.25, 0.3) is 5.91 Å². The molecule has 0 saturated carbocycles. The largest absolute Gasteiger partial charge is 0.451 e. The molecule has 8 heteroatoms. The number of nitrogens with zero attached hydrogens (tertiary/aromatic N) is 1. The van der Waals surface area contributed by atoms with E-state index < -0.39 is 42.2 Å². The molecule has 1 aliphatic carbocycles. The van der Waals surface area contributed by atoms with Gasteiger partial charge in [-0.2, -0.15) is 0 Å². The van der Waals surface area contributed by atoms with Crippen LogP contribution in [0.1, 0.15) is 19.8 Å². The Hall–Kier alpha value is -3.03. The molecule has 2 aliphatic rings. The molecule has 1 aliphatic heterocycles. The van der Waals surface area contributed by atoms with Crippen molar-refractivity contribution in [1.29, 1.82) is 0 Å². The van der Waals surface area contributed by atoms with Crippen LogP contribution >= 0.6 is 0 Å². The average molecular weight is 374 g/mol. The number of halogens is 1. The average Bonchev–Trinajstić information content (AvgIpc) is 2.89. The fraction of sp³-hybridized carbons (Fsp3) is 0.368.